The van der Waals surface area contributed by atoms with Crippen LogP contribution < -0.4 is 0 Å². The number of benzene rings is 1. The van der Waals surface area contributed by atoms with Crippen molar-refractivity contribution < 1.29 is 0 Å². The molecule has 1 aromatic carbocycles. The maximum Gasteiger partial charge on any atom is 0.108 e. The van der Waals surface area contributed by atoms with Gasteiger partial charge in [-0.1, -0.05) is 37.3 Å². The summed E-state index contributed by atoms with van der Waals surface area (Å²) in [7, 11) is 0. The Bertz CT molecular complexity index is 445. The van der Waals surface area contributed by atoms with Crippen LogP contribution in [0.25, 0.3) is 0 Å². The minimum absolute atomic E-state index is 1.09. The van der Waals surface area contributed by atoms with Gasteiger partial charge in [-0.05, 0) is 31.2 Å². The standard InChI is InChI=1S/C16H22N2/c1-2-8-16-17-12-14-18(16)13-7-6-11-15-9-4-3-5-10-15/h3-5,9-10,12,14H,2,6-8,11,13H2,1H3. The molecule has 18 heavy (non-hydrogen) atoms. The predicted octanol–water partition coefficient (Wildman–Crippen LogP) is 3.86. The summed E-state index contributed by atoms with van der Waals surface area (Å²) >= 11 is 0. The summed E-state index contributed by atoms with van der Waals surface area (Å²) in [4.78, 5) is 4.41. The van der Waals surface area contributed by atoms with Gasteiger partial charge < -0.3 is 4.57 Å². The Kier molecular flexibility index (Phi) is 5.00. The summed E-state index contributed by atoms with van der Waals surface area (Å²) in [6.07, 6.45) is 9.93. The van der Waals surface area contributed by atoms with Crippen molar-refractivity contribution in [3.8, 4) is 0 Å². The SMILES string of the molecule is CCCc1nccn1CCCCc1ccccc1. The number of imidazole rings is 1. The average Bonchev–Trinajstić information content (AvgIpc) is 2.84. The van der Waals surface area contributed by atoms with Crippen molar-refractivity contribution >= 4 is 0 Å². The molecular weight excluding hydrogens is 220 g/mol. The maximum absolute atomic E-state index is 4.41. The zero-order chi connectivity index (χ0) is 12.6. The molecular formula is C16H22N2. The second-order valence-corrected chi connectivity index (χ2v) is 4.73. The Morgan fingerprint density at radius 1 is 1.06 bits per heavy atom. The number of hydrogen-bond acceptors (Lipinski definition) is 1. The number of unbranched alkanes of at least 4 members (excludes halogenated alkanes) is 1. The Morgan fingerprint density at radius 3 is 2.67 bits per heavy atom. The lowest BCUT2D eigenvalue weighted by atomic mass is 10.1. The van der Waals surface area contributed by atoms with Gasteiger partial charge in [0, 0.05) is 25.4 Å². The molecule has 2 aromatic rings. The lowest BCUT2D eigenvalue weighted by Crippen LogP contribution is -2.03. The molecule has 0 atom stereocenters. The predicted molar refractivity (Wildman–Crippen MR) is 75.6 cm³/mol. The van der Waals surface area contributed by atoms with E-state index < -0.39 is 0 Å². The van der Waals surface area contributed by atoms with Gasteiger partial charge >= 0.3 is 0 Å². The zero-order valence-corrected chi connectivity index (χ0v) is 11.2. The van der Waals surface area contributed by atoms with Crippen LogP contribution in [0.3, 0.4) is 0 Å². The molecule has 0 unspecified atom stereocenters. The van der Waals surface area contributed by atoms with Gasteiger partial charge in [-0.25, -0.2) is 4.98 Å². The van der Waals surface area contributed by atoms with Crippen molar-refractivity contribution in [1.82, 2.24) is 9.55 Å². The van der Waals surface area contributed by atoms with Gasteiger partial charge in [-0.3, -0.25) is 0 Å². The number of nitrogens with zero attached hydrogens (tertiary/aromatic N) is 2. The summed E-state index contributed by atoms with van der Waals surface area (Å²) in [6, 6.07) is 10.7. The van der Waals surface area contributed by atoms with Gasteiger partial charge in [0.1, 0.15) is 5.82 Å². The summed E-state index contributed by atoms with van der Waals surface area (Å²) in [5.74, 6) is 1.23. The van der Waals surface area contributed by atoms with Crippen LogP contribution in [0.1, 0.15) is 37.6 Å². The topological polar surface area (TPSA) is 17.8 Å². The lowest BCUT2D eigenvalue weighted by molar-refractivity contribution is 0.582. The van der Waals surface area contributed by atoms with Gasteiger partial charge in [0.15, 0.2) is 0 Å². The quantitative estimate of drug-likeness (QED) is 0.674. The number of aryl methyl sites for hydroxylation is 3. The third kappa shape index (κ3) is 3.73. The first-order valence-electron chi connectivity index (χ1n) is 6.94. The number of aromatic nitrogens is 2. The molecule has 0 amide bonds. The van der Waals surface area contributed by atoms with Gasteiger partial charge in [-0.15, -0.1) is 0 Å². The summed E-state index contributed by atoms with van der Waals surface area (Å²) in [6.45, 7) is 3.30. The molecule has 0 radical (unpaired) electrons. The number of rotatable bonds is 7. The smallest absolute Gasteiger partial charge is 0.108 e. The maximum atomic E-state index is 4.41. The van der Waals surface area contributed by atoms with Crippen LogP contribution in [0.15, 0.2) is 42.7 Å². The molecule has 1 heterocycles. The molecule has 0 N–H and O–H groups in total. The summed E-state index contributed by atoms with van der Waals surface area (Å²) < 4.78 is 2.30. The van der Waals surface area contributed by atoms with E-state index in [1.165, 1.54) is 37.1 Å². The van der Waals surface area contributed by atoms with Crippen LogP contribution in [0.5, 0.6) is 0 Å². The van der Waals surface area contributed by atoms with Crippen LogP contribution in [0.2, 0.25) is 0 Å². The van der Waals surface area contributed by atoms with Gasteiger partial charge in [0.2, 0.25) is 0 Å². The summed E-state index contributed by atoms with van der Waals surface area (Å²) in [5.41, 5.74) is 1.44. The van der Waals surface area contributed by atoms with Crippen LogP contribution >= 0.6 is 0 Å². The number of hydrogen-bond donors (Lipinski definition) is 0. The van der Waals surface area contributed by atoms with Gasteiger partial charge in [-0.2, -0.15) is 0 Å². The van der Waals surface area contributed by atoms with E-state index in [9.17, 15) is 0 Å². The van der Waals surface area contributed by atoms with Gasteiger partial charge in [0.25, 0.3) is 0 Å². The van der Waals surface area contributed by atoms with E-state index in [1.807, 2.05) is 6.20 Å². The summed E-state index contributed by atoms with van der Waals surface area (Å²) in [5, 5.41) is 0. The van der Waals surface area contributed by atoms with Crippen molar-refractivity contribution in [2.75, 3.05) is 0 Å². The fourth-order valence-corrected chi connectivity index (χ4v) is 2.25. The van der Waals surface area contributed by atoms with Crippen molar-refractivity contribution in [1.29, 1.82) is 0 Å². The van der Waals surface area contributed by atoms with Crippen molar-refractivity contribution in [3.05, 3.63) is 54.1 Å². The van der Waals surface area contributed by atoms with Crippen molar-refractivity contribution in [2.45, 2.75) is 45.6 Å². The highest BCUT2D eigenvalue weighted by molar-refractivity contribution is 5.14. The van der Waals surface area contributed by atoms with Gasteiger partial charge in [0.05, 0.1) is 0 Å². The molecule has 2 nitrogen and oxygen atoms in total. The fraction of sp³-hybridized carbons (Fsp3) is 0.438. The largest absolute Gasteiger partial charge is 0.335 e. The molecule has 2 heteroatoms. The van der Waals surface area contributed by atoms with E-state index in [0.717, 1.165) is 13.0 Å². The highest BCUT2D eigenvalue weighted by atomic mass is 15.1. The monoisotopic (exact) mass is 242 g/mol. The van der Waals surface area contributed by atoms with Crippen LogP contribution in [-0.2, 0) is 19.4 Å². The Labute approximate surface area is 110 Å². The minimum Gasteiger partial charge on any atom is -0.335 e. The van der Waals surface area contributed by atoms with Crippen molar-refractivity contribution in [2.24, 2.45) is 0 Å². The molecule has 2 rings (SSSR count). The van der Waals surface area contributed by atoms with Crippen LogP contribution in [0.4, 0.5) is 0 Å². The molecule has 0 aliphatic carbocycles. The first kappa shape index (κ1) is 12.9. The molecule has 0 fully saturated rings. The molecule has 96 valence electrons. The van der Waals surface area contributed by atoms with E-state index in [1.54, 1.807) is 0 Å². The van der Waals surface area contributed by atoms with E-state index in [2.05, 4.69) is 53.0 Å². The third-order valence-corrected chi connectivity index (χ3v) is 3.23. The molecule has 0 spiro atoms. The Hall–Kier alpha value is -1.57. The van der Waals surface area contributed by atoms with E-state index in [-0.39, 0.29) is 0 Å². The minimum atomic E-state index is 1.09. The molecule has 1 aromatic heterocycles. The average molecular weight is 242 g/mol. The van der Waals surface area contributed by atoms with E-state index in [4.69, 9.17) is 0 Å². The van der Waals surface area contributed by atoms with Crippen LogP contribution in [-0.4, -0.2) is 9.55 Å². The molecule has 0 saturated carbocycles. The Morgan fingerprint density at radius 2 is 1.89 bits per heavy atom. The second kappa shape index (κ2) is 7.00. The second-order valence-electron chi connectivity index (χ2n) is 4.73. The lowest BCUT2D eigenvalue weighted by Gasteiger charge is -2.07. The van der Waals surface area contributed by atoms with E-state index >= 15 is 0 Å². The zero-order valence-electron chi connectivity index (χ0n) is 11.2. The third-order valence-electron chi connectivity index (χ3n) is 3.23. The molecule has 0 aliphatic rings. The molecule has 0 bridgehead atoms. The molecule has 0 saturated heterocycles. The fourth-order valence-electron chi connectivity index (χ4n) is 2.25. The first-order valence-corrected chi connectivity index (χ1v) is 6.94. The van der Waals surface area contributed by atoms with Crippen LogP contribution in [0, 0.1) is 0 Å². The Balaban J connectivity index is 1.73. The van der Waals surface area contributed by atoms with Crippen molar-refractivity contribution in [3.63, 3.8) is 0 Å². The van der Waals surface area contributed by atoms with E-state index in [0.29, 0.717) is 0 Å². The molecule has 0 aliphatic heterocycles. The normalized spacial score (nSPS) is 10.7. The highest BCUT2D eigenvalue weighted by Gasteiger charge is 2.01. The highest BCUT2D eigenvalue weighted by Crippen LogP contribution is 2.07. The first-order chi connectivity index (χ1) is 8.90.